The van der Waals surface area contributed by atoms with Crippen LogP contribution in [0, 0.1) is 5.92 Å². The lowest BCUT2D eigenvalue weighted by Gasteiger charge is -2.03. The number of nitrogens with zero attached hydrogens (tertiary/aromatic N) is 1. The van der Waals surface area contributed by atoms with Crippen LogP contribution in [-0.4, -0.2) is 16.6 Å². The number of aryl methyl sites for hydroxylation is 1. The third-order valence-corrected chi connectivity index (χ3v) is 2.40. The fourth-order valence-electron chi connectivity index (χ4n) is 1.30. The van der Waals surface area contributed by atoms with Crippen LogP contribution in [0.25, 0.3) is 0 Å². The summed E-state index contributed by atoms with van der Waals surface area (Å²) in [5.41, 5.74) is 0.896. The lowest BCUT2D eigenvalue weighted by atomic mass is 10.0. The summed E-state index contributed by atoms with van der Waals surface area (Å²) in [5.74, 6) is -0.0332. The van der Waals surface area contributed by atoms with Gasteiger partial charge in [0.2, 0.25) is 0 Å². The molecule has 1 rings (SSSR count). The molecule has 16 heavy (non-hydrogen) atoms. The Balaban J connectivity index is 2.34. The van der Waals surface area contributed by atoms with Crippen LogP contribution in [0.3, 0.4) is 0 Å². The molecule has 0 spiro atoms. The van der Waals surface area contributed by atoms with Crippen molar-refractivity contribution in [3.05, 3.63) is 30.1 Å². The van der Waals surface area contributed by atoms with Crippen LogP contribution in [0.2, 0.25) is 0 Å². The van der Waals surface area contributed by atoms with E-state index >= 15 is 0 Å². The molecule has 86 valence electrons. The summed E-state index contributed by atoms with van der Waals surface area (Å²) in [4.78, 5) is 26.9. The second kappa shape index (κ2) is 6.16. The molecule has 1 aromatic rings. The summed E-state index contributed by atoms with van der Waals surface area (Å²) in [7, 11) is 0. The molecule has 0 aromatic carbocycles. The molecule has 0 radical (unpaired) electrons. The van der Waals surface area contributed by atoms with Gasteiger partial charge in [0, 0.05) is 24.2 Å². The average molecular weight is 219 g/mol. The molecule has 0 unspecified atom stereocenters. The molecule has 0 N–H and O–H groups in total. The van der Waals surface area contributed by atoms with Gasteiger partial charge in [-0.05, 0) is 18.6 Å². The van der Waals surface area contributed by atoms with Crippen LogP contribution in [0.15, 0.2) is 24.4 Å². The average Bonchev–Trinajstić information content (AvgIpc) is 2.27. The van der Waals surface area contributed by atoms with Crippen LogP contribution in [0.5, 0.6) is 0 Å². The topological polar surface area (TPSA) is 47.0 Å². The first-order valence-corrected chi connectivity index (χ1v) is 5.54. The monoisotopic (exact) mass is 219 g/mol. The van der Waals surface area contributed by atoms with Crippen molar-refractivity contribution >= 4 is 11.6 Å². The molecule has 0 aliphatic carbocycles. The van der Waals surface area contributed by atoms with Gasteiger partial charge >= 0.3 is 0 Å². The first-order chi connectivity index (χ1) is 7.59. The summed E-state index contributed by atoms with van der Waals surface area (Å²) in [5, 5.41) is 0. The Kier molecular flexibility index (Phi) is 4.83. The first-order valence-electron chi connectivity index (χ1n) is 5.54. The van der Waals surface area contributed by atoms with Gasteiger partial charge in [-0.3, -0.25) is 14.6 Å². The number of hydrogen-bond acceptors (Lipinski definition) is 3. The molecular weight excluding hydrogens is 202 g/mol. The zero-order valence-corrected chi connectivity index (χ0v) is 9.77. The zero-order chi connectivity index (χ0) is 12.0. The summed E-state index contributed by atoms with van der Waals surface area (Å²) in [6.07, 6.45) is 2.78. The quantitative estimate of drug-likeness (QED) is 0.689. The van der Waals surface area contributed by atoms with Gasteiger partial charge in [-0.1, -0.05) is 19.9 Å². The van der Waals surface area contributed by atoms with Crippen molar-refractivity contribution in [2.75, 3.05) is 0 Å². The van der Waals surface area contributed by atoms with Crippen LogP contribution < -0.4 is 0 Å². The normalized spacial score (nSPS) is 10.4. The van der Waals surface area contributed by atoms with E-state index in [1.165, 1.54) is 0 Å². The predicted octanol–water partition coefficient (Wildman–Crippen LogP) is 2.20. The van der Waals surface area contributed by atoms with E-state index in [4.69, 9.17) is 0 Å². The van der Waals surface area contributed by atoms with Gasteiger partial charge in [0.25, 0.3) is 0 Å². The molecular formula is C13H17NO2. The predicted molar refractivity (Wildman–Crippen MR) is 62.0 cm³/mol. The molecule has 1 aromatic heterocycles. The minimum Gasteiger partial charge on any atom is -0.299 e. The van der Waals surface area contributed by atoms with Crippen LogP contribution >= 0.6 is 0 Å². The minimum absolute atomic E-state index is 0.00403. The maximum Gasteiger partial charge on any atom is 0.142 e. The van der Waals surface area contributed by atoms with Gasteiger partial charge in [0.1, 0.15) is 11.6 Å². The number of carbonyl (C=O) groups excluding carboxylic acids is 2. The third kappa shape index (κ3) is 4.34. The maximum absolute atomic E-state index is 11.5. The fourth-order valence-corrected chi connectivity index (χ4v) is 1.30. The van der Waals surface area contributed by atoms with E-state index in [0.717, 1.165) is 5.69 Å². The second-order valence-electron chi connectivity index (χ2n) is 4.16. The van der Waals surface area contributed by atoms with Crippen LogP contribution in [0.1, 0.15) is 32.4 Å². The molecule has 0 saturated heterocycles. The van der Waals surface area contributed by atoms with Gasteiger partial charge in [-0.15, -0.1) is 0 Å². The third-order valence-electron chi connectivity index (χ3n) is 2.40. The second-order valence-corrected chi connectivity index (χ2v) is 4.16. The standard InChI is InChI=1S/C13H17NO2/c1-10(2)13(16)9-12(15)7-6-11-5-3-4-8-14-11/h3-5,8,10H,6-7,9H2,1-2H3. The number of carbonyl (C=O) groups is 2. The zero-order valence-electron chi connectivity index (χ0n) is 9.77. The number of pyridine rings is 1. The molecule has 0 atom stereocenters. The Hall–Kier alpha value is -1.51. The molecule has 0 aliphatic heterocycles. The van der Waals surface area contributed by atoms with Crippen molar-refractivity contribution in [1.29, 1.82) is 0 Å². The Morgan fingerprint density at radius 2 is 2.06 bits per heavy atom. The van der Waals surface area contributed by atoms with Crippen molar-refractivity contribution in [3.63, 3.8) is 0 Å². The molecule has 1 heterocycles. The molecule has 0 fully saturated rings. The maximum atomic E-state index is 11.5. The highest BCUT2D eigenvalue weighted by atomic mass is 16.1. The summed E-state index contributed by atoms with van der Waals surface area (Å²) in [6, 6.07) is 5.62. The Morgan fingerprint density at radius 1 is 1.31 bits per heavy atom. The lowest BCUT2D eigenvalue weighted by molar-refractivity contribution is -0.128. The van der Waals surface area contributed by atoms with E-state index in [1.54, 1.807) is 6.20 Å². The van der Waals surface area contributed by atoms with Crippen molar-refractivity contribution in [3.8, 4) is 0 Å². The summed E-state index contributed by atoms with van der Waals surface area (Å²) in [6.45, 7) is 3.63. The van der Waals surface area contributed by atoms with Gasteiger partial charge in [0.15, 0.2) is 0 Å². The summed E-state index contributed by atoms with van der Waals surface area (Å²) >= 11 is 0. The molecule has 3 heteroatoms. The van der Waals surface area contributed by atoms with Crippen molar-refractivity contribution in [1.82, 2.24) is 4.98 Å². The van der Waals surface area contributed by atoms with Gasteiger partial charge in [-0.2, -0.15) is 0 Å². The van der Waals surface area contributed by atoms with E-state index in [-0.39, 0.29) is 23.9 Å². The highest BCUT2D eigenvalue weighted by molar-refractivity contribution is 5.99. The smallest absolute Gasteiger partial charge is 0.142 e. The number of aromatic nitrogens is 1. The van der Waals surface area contributed by atoms with E-state index in [9.17, 15) is 9.59 Å². The largest absolute Gasteiger partial charge is 0.299 e. The Labute approximate surface area is 95.9 Å². The van der Waals surface area contributed by atoms with Gasteiger partial charge in [-0.25, -0.2) is 0 Å². The summed E-state index contributed by atoms with van der Waals surface area (Å²) < 4.78 is 0. The number of ketones is 2. The van der Waals surface area contributed by atoms with E-state index in [0.29, 0.717) is 12.8 Å². The van der Waals surface area contributed by atoms with Crippen molar-refractivity contribution < 1.29 is 9.59 Å². The Morgan fingerprint density at radius 3 is 2.62 bits per heavy atom. The van der Waals surface area contributed by atoms with Gasteiger partial charge in [0.05, 0.1) is 6.42 Å². The van der Waals surface area contributed by atoms with Crippen LogP contribution in [-0.2, 0) is 16.0 Å². The van der Waals surface area contributed by atoms with Crippen LogP contribution in [0.4, 0.5) is 0 Å². The van der Waals surface area contributed by atoms with Crippen molar-refractivity contribution in [2.24, 2.45) is 5.92 Å². The Bertz CT molecular complexity index is 357. The number of rotatable bonds is 6. The van der Waals surface area contributed by atoms with E-state index in [2.05, 4.69) is 4.98 Å². The molecule has 0 amide bonds. The molecule has 0 aliphatic rings. The van der Waals surface area contributed by atoms with Gasteiger partial charge < -0.3 is 0 Å². The molecule has 0 saturated carbocycles. The van der Waals surface area contributed by atoms with E-state index in [1.807, 2.05) is 32.0 Å². The van der Waals surface area contributed by atoms with E-state index < -0.39 is 0 Å². The first kappa shape index (κ1) is 12.6. The molecule has 3 nitrogen and oxygen atoms in total. The minimum atomic E-state index is -0.0567. The highest BCUT2D eigenvalue weighted by Crippen LogP contribution is 2.04. The molecule has 0 bridgehead atoms. The lowest BCUT2D eigenvalue weighted by Crippen LogP contribution is -2.13. The number of hydrogen-bond donors (Lipinski definition) is 0. The SMILES string of the molecule is CC(C)C(=O)CC(=O)CCc1ccccn1. The highest BCUT2D eigenvalue weighted by Gasteiger charge is 2.12. The fraction of sp³-hybridized carbons (Fsp3) is 0.462. The van der Waals surface area contributed by atoms with Crippen molar-refractivity contribution in [2.45, 2.75) is 33.1 Å². The number of Topliss-reactive ketones (excluding diaryl/α,β-unsaturated/α-hetero) is 2.